The maximum Gasteiger partial charge on any atom is 0.141 e. The molecule has 22 heavy (non-hydrogen) atoms. The van der Waals surface area contributed by atoms with Crippen molar-refractivity contribution in [1.82, 2.24) is 0 Å². The van der Waals surface area contributed by atoms with Crippen molar-refractivity contribution >= 4 is 17.4 Å². The van der Waals surface area contributed by atoms with Crippen molar-refractivity contribution in [2.45, 2.75) is 59.3 Å². The predicted octanol–water partition coefficient (Wildman–Crippen LogP) is 5.39. The lowest BCUT2D eigenvalue weighted by Crippen LogP contribution is -2.06. The van der Waals surface area contributed by atoms with Gasteiger partial charge in [-0.25, -0.2) is 0 Å². The normalized spacial score (nSPS) is 12.0. The number of Topliss-reactive ketones (excluding diaryl/α,β-unsaturated/α-hetero) is 1. The fraction of sp³-hybridized carbons (Fsp3) is 0.611. The summed E-state index contributed by atoms with van der Waals surface area (Å²) in [5.74, 6) is 2.03. The van der Waals surface area contributed by atoms with Gasteiger partial charge in [0.05, 0.1) is 18.2 Å². The van der Waals surface area contributed by atoms with Crippen molar-refractivity contribution in [2.24, 2.45) is 0 Å². The summed E-state index contributed by atoms with van der Waals surface area (Å²) in [5, 5.41) is 0.598. The second-order valence-corrected chi connectivity index (χ2v) is 5.63. The van der Waals surface area contributed by atoms with E-state index < -0.39 is 0 Å². The van der Waals surface area contributed by atoms with E-state index in [1.54, 1.807) is 0 Å². The molecule has 0 aliphatic carbocycles. The quantitative estimate of drug-likeness (QED) is 0.578. The van der Waals surface area contributed by atoms with Crippen molar-refractivity contribution in [2.75, 3.05) is 13.2 Å². The van der Waals surface area contributed by atoms with Crippen LogP contribution in [0.15, 0.2) is 12.1 Å². The van der Waals surface area contributed by atoms with Crippen LogP contribution in [0.1, 0.15) is 64.9 Å². The van der Waals surface area contributed by atoms with Gasteiger partial charge in [-0.1, -0.05) is 25.4 Å². The average Bonchev–Trinajstić information content (AvgIpc) is 2.51. The van der Waals surface area contributed by atoms with Crippen LogP contribution in [-0.4, -0.2) is 19.0 Å². The Morgan fingerprint density at radius 2 is 1.73 bits per heavy atom. The Morgan fingerprint density at radius 1 is 1.09 bits per heavy atom. The van der Waals surface area contributed by atoms with E-state index >= 15 is 0 Å². The smallest absolute Gasteiger partial charge is 0.141 e. The molecule has 1 atom stereocenters. The van der Waals surface area contributed by atoms with Gasteiger partial charge in [0.15, 0.2) is 0 Å². The zero-order chi connectivity index (χ0) is 16.5. The highest BCUT2D eigenvalue weighted by Crippen LogP contribution is 2.39. The van der Waals surface area contributed by atoms with Crippen LogP contribution in [0.2, 0.25) is 5.02 Å². The molecule has 3 nitrogen and oxygen atoms in total. The lowest BCUT2D eigenvalue weighted by molar-refractivity contribution is -0.118. The first-order valence-electron chi connectivity index (χ1n) is 8.17. The topological polar surface area (TPSA) is 35.5 Å². The molecular weight excluding hydrogens is 300 g/mol. The molecule has 124 valence electrons. The molecule has 0 fully saturated rings. The molecule has 1 aromatic carbocycles. The first-order valence-corrected chi connectivity index (χ1v) is 8.55. The Morgan fingerprint density at radius 3 is 2.27 bits per heavy atom. The number of ketones is 1. The third-order valence-electron chi connectivity index (χ3n) is 3.76. The molecule has 0 aromatic heterocycles. The number of ether oxygens (including phenoxy) is 2. The van der Waals surface area contributed by atoms with E-state index in [4.69, 9.17) is 21.1 Å². The number of carbonyl (C=O) groups excluding carboxylic acids is 1. The standard InChI is InChI=1S/C18H27ClO3/c1-5-13(9-10-14(20)6-2)15-11-16(19)18(22-8-4)12-17(15)21-7-3/h11-13H,5-10H2,1-4H3. The van der Waals surface area contributed by atoms with Crippen LogP contribution in [0.4, 0.5) is 0 Å². The third kappa shape index (κ3) is 5.20. The largest absolute Gasteiger partial charge is 0.493 e. The highest BCUT2D eigenvalue weighted by Gasteiger charge is 2.19. The van der Waals surface area contributed by atoms with Gasteiger partial charge in [0.1, 0.15) is 17.3 Å². The predicted molar refractivity (Wildman–Crippen MR) is 91.4 cm³/mol. The minimum absolute atomic E-state index is 0.269. The molecule has 0 spiro atoms. The zero-order valence-electron chi connectivity index (χ0n) is 14.1. The van der Waals surface area contributed by atoms with Gasteiger partial charge in [-0.15, -0.1) is 0 Å². The minimum Gasteiger partial charge on any atom is -0.493 e. The molecule has 1 rings (SSSR count). The maximum atomic E-state index is 11.6. The Labute approximate surface area is 139 Å². The summed E-state index contributed by atoms with van der Waals surface area (Å²) < 4.78 is 11.3. The van der Waals surface area contributed by atoms with Crippen molar-refractivity contribution < 1.29 is 14.3 Å². The first-order chi connectivity index (χ1) is 10.6. The Hall–Kier alpha value is -1.22. The average molecular weight is 327 g/mol. The molecular formula is C18H27ClO3. The van der Waals surface area contributed by atoms with E-state index in [9.17, 15) is 4.79 Å². The second-order valence-electron chi connectivity index (χ2n) is 5.22. The molecule has 1 aromatic rings. The Balaban J connectivity index is 3.07. The van der Waals surface area contributed by atoms with Gasteiger partial charge >= 0.3 is 0 Å². The lowest BCUT2D eigenvalue weighted by Gasteiger charge is -2.20. The van der Waals surface area contributed by atoms with Crippen LogP contribution < -0.4 is 9.47 Å². The number of hydrogen-bond acceptors (Lipinski definition) is 3. The van der Waals surface area contributed by atoms with Crippen molar-refractivity contribution in [1.29, 1.82) is 0 Å². The summed E-state index contributed by atoms with van der Waals surface area (Å²) in [7, 11) is 0. The molecule has 0 aliphatic rings. The van der Waals surface area contributed by atoms with Gasteiger partial charge in [0.2, 0.25) is 0 Å². The van der Waals surface area contributed by atoms with E-state index in [1.165, 1.54) is 0 Å². The minimum atomic E-state index is 0.269. The molecule has 4 heteroatoms. The number of benzene rings is 1. The van der Waals surface area contributed by atoms with E-state index in [1.807, 2.05) is 32.9 Å². The van der Waals surface area contributed by atoms with Crippen LogP contribution in [0, 0.1) is 0 Å². The molecule has 0 saturated heterocycles. The van der Waals surface area contributed by atoms with E-state index in [2.05, 4.69) is 6.92 Å². The molecule has 0 aliphatic heterocycles. The van der Waals surface area contributed by atoms with Crippen LogP contribution in [0.5, 0.6) is 11.5 Å². The third-order valence-corrected chi connectivity index (χ3v) is 4.06. The molecule has 0 bridgehead atoms. The van der Waals surface area contributed by atoms with Gasteiger partial charge in [-0.05, 0) is 44.2 Å². The van der Waals surface area contributed by atoms with Crippen LogP contribution >= 0.6 is 11.6 Å². The molecule has 0 amide bonds. The summed E-state index contributed by atoms with van der Waals surface area (Å²) >= 11 is 6.32. The molecule has 0 heterocycles. The Bertz CT molecular complexity index is 485. The van der Waals surface area contributed by atoms with E-state index in [0.29, 0.717) is 42.6 Å². The SMILES string of the molecule is CCOc1cc(OCC)c(C(CC)CCC(=O)CC)cc1Cl. The molecule has 0 N–H and O–H groups in total. The molecule has 0 radical (unpaired) electrons. The Kier molecular flexibility index (Phi) is 8.32. The van der Waals surface area contributed by atoms with Crippen molar-refractivity contribution in [3.05, 3.63) is 22.7 Å². The van der Waals surface area contributed by atoms with Gasteiger partial charge in [0, 0.05) is 18.9 Å². The highest BCUT2D eigenvalue weighted by atomic mass is 35.5. The van der Waals surface area contributed by atoms with Crippen molar-refractivity contribution in [3.8, 4) is 11.5 Å². The number of halogens is 1. The summed E-state index contributed by atoms with van der Waals surface area (Å²) in [4.78, 5) is 11.6. The van der Waals surface area contributed by atoms with Gasteiger partial charge in [-0.2, -0.15) is 0 Å². The molecule has 0 saturated carbocycles. The summed E-state index contributed by atoms with van der Waals surface area (Å²) in [5.41, 5.74) is 1.07. The van der Waals surface area contributed by atoms with Crippen LogP contribution in [0.3, 0.4) is 0 Å². The fourth-order valence-corrected chi connectivity index (χ4v) is 2.73. The molecule has 1 unspecified atom stereocenters. The number of rotatable bonds is 10. The first kappa shape index (κ1) is 18.8. The summed E-state index contributed by atoms with van der Waals surface area (Å²) in [6.45, 7) is 9.07. The lowest BCUT2D eigenvalue weighted by atomic mass is 9.90. The monoisotopic (exact) mass is 326 g/mol. The van der Waals surface area contributed by atoms with Crippen LogP contribution in [0.25, 0.3) is 0 Å². The zero-order valence-corrected chi connectivity index (χ0v) is 14.8. The fourth-order valence-electron chi connectivity index (χ4n) is 2.51. The van der Waals surface area contributed by atoms with Crippen LogP contribution in [-0.2, 0) is 4.79 Å². The second kappa shape index (κ2) is 9.73. The van der Waals surface area contributed by atoms with Gasteiger partial charge < -0.3 is 9.47 Å². The highest BCUT2D eigenvalue weighted by molar-refractivity contribution is 6.32. The number of hydrogen-bond donors (Lipinski definition) is 0. The number of carbonyl (C=O) groups is 1. The van der Waals surface area contributed by atoms with Crippen molar-refractivity contribution in [3.63, 3.8) is 0 Å². The summed E-state index contributed by atoms with van der Waals surface area (Å²) in [6, 6.07) is 3.80. The van der Waals surface area contributed by atoms with E-state index in [-0.39, 0.29) is 5.92 Å². The summed E-state index contributed by atoms with van der Waals surface area (Å²) in [6.07, 6.45) is 2.97. The van der Waals surface area contributed by atoms with Gasteiger partial charge in [0.25, 0.3) is 0 Å². The maximum absolute atomic E-state index is 11.6. The van der Waals surface area contributed by atoms with Gasteiger partial charge in [-0.3, -0.25) is 4.79 Å². The van der Waals surface area contributed by atoms with E-state index in [0.717, 1.165) is 24.2 Å².